The second-order valence-electron chi connectivity index (χ2n) is 3.85. The number of hydrazine groups is 1. The third-order valence-electron chi connectivity index (χ3n) is 2.52. The van der Waals surface area contributed by atoms with E-state index in [-0.39, 0.29) is 6.04 Å². The van der Waals surface area contributed by atoms with E-state index in [1.165, 1.54) is 4.88 Å². The maximum absolute atomic E-state index is 5.47. The lowest BCUT2D eigenvalue weighted by Crippen LogP contribution is -2.43. The van der Waals surface area contributed by atoms with Gasteiger partial charge in [0, 0.05) is 11.4 Å². The molecule has 1 rings (SSSR count). The SMILES string of the molecule is CCCCN=C(NN)NC(CC)c1cccs1. The van der Waals surface area contributed by atoms with E-state index in [0.29, 0.717) is 5.96 Å². The molecule has 4 nitrogen and oxygen atoms in total. The number of hydrogen-bond donors (Lipinski definition) is 3. The summed E-state index contributed by atoms with van der Waals surface area (Å²) in [4.78, 5) is 5.71. The zero-order valence-corrected chi connectivity index (χ0v) is 11.4. The van der Waals surface area contributed by atoms with Crippen molar-refractivity contribution >= 4 is 17.3 Å². The smallest absolute Gasteiger partial charge is 0.206 e. The largest absolute Gasteiger partial charge is 0.348 e. The van der Waals surface area contributed by atoms with Crippen molar-refractivity contribution in [2.45, 2.75) is 39.2 Å². The number of guanidine groups is 1. The summed E-state index contributed by atoms with van der Waals surface area (Å²) in [6.45, 7) is 5.11. The van der Waals surface area contributed by atoms with E-state index in [1.807, 2.05) is 0 Å². The Balaban J connectivity index is 2.56. The standard InChI is InChI=1S/C12H22N4S/c1-3-5-8-14-12(16-13)15-10(4-2)11-7-6-9-17-11/h6-7,9-10H,3-5,8,13H2,1-2H3,(H2,14,15,16). The maximum Gasteiger partial charge on any atom is 0.206 e. The van der Waals surface area contributed by atoms with Crippen molar-refractivity contribution in [3.63, 3.8) is 0 Å². The zero-order chi connectivity index (χ0) is 12.5. The molecule has 1 unspecified atom stereocenters. The fraction of sp³-hybridized carbons (Fsp3) is 0.583. The van der Waals surface area contributed by atoms with Crippen molar-refractivity contribution in [1.29, 1.82) is 0 Å². The summed E-state index contributed by atoms with van der Waals surface area (Å²) in [6.07, 6.45) is 3.24. The lowest BCUT2D eigenvalue weighted by atomic mass is 10.2. The van der Waals surface area contributed by atoms with Crippen LogP contribution in [-0.2, 0) is 0 Å². The highest BCUT2D eigenvalue weighted by Crippen LogP contribution is 2.21. The van der Waals surface area contributed by atoms with E-state index in [0.717, 1.165) is 25.8 Å². The van der Waals surface area contributed by atoms with Crippen molar-refractivity contribution in [2.75, 3.05) is 6.54 Å². The average Bonchev–Trinajstić information content (AvgIpc) is 2.87. The van der Waals surface area contributed by atoms with Gasteiger partial charge >= 0.3 is 0 Å². The molecule has 0 aromatic carbocycles. The van der Waals surface area contributed by atoms with E-state index in [4.69, 9.17) is 5.84 Å². The number of nitrogens with zero attached hydrogens (tertiary/aromatic N) is 1. The van der Waals surface area contributed by atoms with E-state index < -0.39 is 0 Å². The van der Waals surface area contributed by atoms with Crippen molar-refractivity contribution in [3.05, 3.63) is 22.4 Å². The van der Waals surface area contributed by atoms with Crippen molar-refractivity contribution in [3.8, 4) is 0 Å². The topological polar surface area (TPSA) is 62.4 Å². The van der Waals surface area contributed by atoms with Crippen molar-refractivity contribution in [2.24, 2.45) is 10.8 Å². The Labute approximate surface area is 107 Å². The summed E-state index contributed by atoms with van der Waals surface area (Å²) < 4.78 is 0. The summed E-state index contributed by atoms with van der Waals surface area (Å²) in [5.41, 5.74) is 2.63. The van der Waals surface area contributed by atoms with Gasteiger partial charge in [-0.1, -0.05) is 26.3 Å². The summed E-state index contributed by atoms with van der Waals surface area (Å²) in [5.74, 6) is 6.15. The van der Waals surface area contributed by atoms with Crippen LogP contribution in [0.4, 0.5) is 0 Å². The first-order chi connectivity index (χ1) is 8.31. The second kappa shape index (κ2) is 8.08. The first-order valence-electron chi connectivity index (χ1n) is 6.12. The average molecular weight is 254 g/mol. The number of aliphatic imine (C=N–C) groups is 1. The molecular weight excluding hydrogens is 232 g/mol. The number of rotatable bonds is 6. The van der Waals surface area contributed by atoms with E-state index >= 15 is 0 Å². The van der Waals surface area contributed by atoms with Crippen LogP contribution in [0.1, 0.15) is 44.0 Å². The molecular formula is C12H22N4S. The van der Waals surface area contributed by atoms with Gasteiger partial charge in [0.05, 0.1) is 6.04 Å². The maximum atomic E-state index is 5.47. The molecule has 5 heteroatoms. The van der Waals surface area contributed by atoms with Crippen LogP contribution in [0, 0.1) is 0 Å². The highest BCUT2D eigenvalue weighted by molar-refractivity contribution is 7.10. The molecule has 17 heavy (non-hydrogen) atoms. The van der Waals surface area contributed by atoms with Gasteiger partial charge in [-0.25, -0.2) is 5.84 Å². The molecule has 0 aliphatic rings. The molecule has 0 aliphatic carbocycles. The molecule has 0 radical (unpaired) electrons. The summed E-state index contributed by atoms with van der Waals surface area (Å²) >= 11 is 1.75. The predicted octanol–water partition coefficient (Wildman–Crippen LogP) is 2.41. The molecule has 0 bridgehead atoms. The fourth-order valence-electron chi connectivity index (χ4n) is 1.51. The third kappa shape index (κ3) is 4.75. The van der Waals surface area contributed by atoms with E-state index in [1.54, 1.807) is 11.3 Å². The van der Waals surface area contributed by atoms with Gasteiger partial charge in [-0.2, -0.15) is 0 Å². The zero-order valence-electron chi connectivity index (χ0n) is 10.6. The third-order valence-corrected chi connectivity index (χ3v) is 3.51. The van der Waals surface area contributed by atoms with Gasteiger partial charge in [0.15, 0.2) is 0 Å². The number of nitrogens with one attached hydrogen (secondary N) is 2. The van der Waals surface area contributed by atoms with Crippen LogP contribution in [0.15, 0.2) is 22.5 Å². The first-order valence-corrected chi connectivity index (χ1v) is 7.00. The Morgan fingerprint density at radius 3 is 2.88 bits per heavy atom. The molecule has 4 N–H and O–H groups in total. The number of hydrogen-bond acceptors (Lipinski definition) is 3. The molecule has 1 aromatic rings. The predicted molar refractivity (Wildman–Crippen MR) is 75.0 cm³/mol. The molecule has 1 heterocycles. The monoisotopic (exact) mass is 254 g/mol. The lowest BCUT2D eigenvalue weighted by Gasteiger charge is -2.17. The molecule has 0 aliphatic heterocycles. The summed E-state index contributed by atoms with van der Waals surface area (Å²) in [6, 6.07) is 4.48. The Morgan fingerprint density at radius 2 is 2.35 bits per heavy atom. The lowest BCUT2D eigenvalue weighted by molar-refractivity contribution is 0.618. The quantitative estimate of drug-likeness (QED) is 0.240. The molecule has 0 fully saturated rings. The minimum Gasteiger partial charge on any atom is -0.348 e. The normalized spacial score (nSPS) is 13.5. The van der Waals surface area contributed by atoms with E-state index in [9.17, 15) is 0 Å². The molecule has 1 aromatic heterocycles. The molecule has 0 saturated carbocycles. The molecule has 0 saturated heterocycles. The fourth-order valence-corrected chi connectivity index (χ4v) is 2.37. The van der Waals surface area contributed by atoms with Gasteiger partial charge in [-0.15, -0.1) is 11.3 Å². The van der Waals surface area contributed by atoms with Crippen LogP contribution in [0.25, 0.3) is 0 Å². The Morgan fingerprint density at radius 1 is 1.53 bits per heavy atom. The van der Waals surface area contributed by atoms with Crippen molar-refractivity contribution < 1.29 is 0 Å². The van der Waals surface area contributed by atoms with Crippen LogP contribution in [0.5, 0.6) is 0 Å². The van der Waals surface area contributed by atoms with Crippen LogP contribution < -0.4 is 16.6 Å². The second-order valence-corrected chi connectivity index (χ2v) is 4.83. The van der Waals surface area contributed by atoms with E-state index in [2.05, 4.69) is 47.1 Å². The summed E-state index contributed by atoms with van der Waals surface area (Å²) in [5, 5.41) is 5.43. The molecule has 0 spiro atoms. The highest BCUT2D eigenvalue weighted by atomic mass is 32.1. The minimum absolute atomic E-state index is 0.284. The van der Waals surface area contributed by atoms with Crippen LogP contribution in [0.2, 0.25) is 0 Å². The Hall–Kier alpha value is -1.07. The van der Waals surface area contributed by atoms with Gasteiger partial charge in [0.2, 0.25) is 5.96 Å². The first kappa shape index (κ1) is 14.0. The van der Waals surface area contributed by atoms with Crippen LogP contribution in [0.3, 0.4) is 0 Å². The van der Waals surface area contributed by atoms with Gasteiger partial charge in [-0.3, -0.25) is 10.4 Å². The van der Waals surface area contributed by atoms with Crippen LogP contribution >= 0.6 is 11.3 Å². The van der Waals surface area contributed by atoms with Gasteiger partial charge in [0.25, 0.3) is 0 Å². The van der Waals surface area contributed by atoms with Gasteiger partial charge in [-0.05, 0) is 24.3 Å². The minimum atomic E-state index is 0.284. The Kier molecular flexibility index (Phi) is 6.65. The van der Waals surface area contributed by atoms with Gasteiger partial charge in [0.1, 0.15) is 0 Å². The number of unbranched alkanes of at least 4 members (excludes halogenated alkanes) is 1. The van der Waals surface area contributed by atoms with Crippen LogP contribution in [-0.4, -0.2) is 12.5 Å². The van der Waals surface area contributed by atoms with Crippen molar-refractivity contribution in [1.82, 2.24) is 10.7 Å². The molecule has 96 valence electrons. The number of thiophene rings is 1. The highest BCUT2D eigenvalue weighted by Gasteiger charge is 2.11. The summed E-state index contributed by atoms with van der Waals surface area (Å²) in [7, 11) is 0. The Bertz CT molecular complexity index is 321. The number of nitrogens with two attached hydrogens (primary N) is 1. The molecule has 1 atom stereocenters. The van der Waals surface area contributed by atoms with Gasteiger partial charge < -0.3 is 5.32 Å². The molecule has 0 amide bonds.